The Morgan fingerprint density at radius 1 is 1.36 bits per heavy atom. The lowest BCUT2D eigenvalue weighted by Crippen LogP contribution is -2.44. The van der Waals surface area contributed by atoms with Crippen LogP contribution in [0.1, 0.15) is 25.8 Å². The van der Waals surface area contributed by atoms with E-state index in [0.717, 1.165) is 12.1 Å². The van der Waals surface area contributed by atoms with Crippen molar-refractivity contribution in [3.8, 4) is 5.75 Å². The van der Waals surface area contributed by atoms with Crippen LogP contribution in [0, 0.1) is 5.92 Å². The average Bonchev–Trinajstić information content (AvgIpc) is 2.43. The molecular weight excluding hydrogens is 302 g/mol. The van der Waals surface area contributed by atoms with Gasteiger partial charge in [-0.2, -0.15) is 8.42 Å². The maximum atomic E-state index is 11.6. The molecule has 1 N–H and O–H groups in total. The summed E-state index contributed by atoms with van der Waals surface area (Å²) in [7, 11) is 1.39. The highest BCUT2D eigenvalue weighted by atomic mass is 32.2. The van der Waals surface area contributed by atoms with Gasteiger partial charge >= 0.3 is 0 Å². The summed E-state index contributed by atoms with van der Waals surface area (Å²) in [5, 5.41) is 0. The molecule has 2 atom stereocenters. The third-order valence-corrected chi connectivity index (χ3v) is 5.18. The number of hydrogen-bond donors (Lipinski definition) is 1. The lowest BCUT2D eigenvalue weighted by Gasteiger charge is -2.39. The molecule has 0 aliphatic heterocycles. The maximum absolute atomic E-state index is 11.6. The van der Waals surface area contributed by atoms with Crippen molar-refractivity contribution in [1.82, 2.24) is 4.90 Å². The van der Waals surface area contributed by atoms with Gasteiger partial charge in [0.2, 0.25) is 0 Å². The third kappa shape index (κ3) is 4.69. The Morgan fingerprint density at radius 2 is 2.00 bits per heavy atom. The largest absolute Gasteiger partial charge is 0.497 e. The van der Waals surface area contributed by atoms with Crippen LogP contribution in [0.15, 0.2) is 24.3 Å². The van der Waals surface area contributed by atoms with Gasteiger partial charge in [0.15, 0.2) is 0 Å². The van der Waals surface area contributed by atoms with Gasteiger partial charge in [-0.25, -0.2) is 0 Å². The van der Waals surface area contributed by atoms with Gasteiger partial charge in [0.05, 0.1) is 12.9 Å². The molecule has 126 valence electrons. The average molecular weight is 329 g/mol. The highest BCUT2D eigenvalue weighted by Crippen LogP contribution is 2.39. The van der Waals surface area contributed by atoms with Gasteiger partial charge < -0.3 is 9.64 Å². The molecule has 5 nitrogen and oxygen atoms in total. The quantitative estimate of drug-likeness (QED) is 0.742. The van der Waals surface area contributed by atoms with E-state index in [1.165, 1.54) is 0 Å². The van der Waals surface area contributed by atoms with Gasteiger partial charge in [-0.3, -0.25) is 4.55 Å². The number of methoxy groups -OCH3 is 1. The number of ether oxygens (including phenoxy) is 1. The molecule has 1 aromatic carbocycles. The predicted molar refractivity (Wildman–Crippen MR) is 89.1 cm³/mol. The molecule has 0 aliphatic rings. The molecule has 22 heavy (non-hydrogen) atoms. The summed E-state index contributed by atoms with van der Waals surface area (Å²) in [5.41, 5.74) is 0.216. The second-order valence-corrected chi connectivity index (χ2v) is 7.58. The molecule has 0 unspecified atom stereocenters. The normalized spacial score (nSPS) is 16.3. The van der Waals surface area contributed by atoms with Crippen LogP contribution >= 0.6 is 0 Å². The summed E-state index contributed by atoms with van der Waals surface area (Å²) < 4.78 is 38.0. The van der Waals surface area contributed by atoms with Crippen LogP contribution in [-0.2, 0) is 15.5 Å². The smallest absolute Gasteiger partial charge is 0.265 e. The molecule has 0 saturated carbocycles. The lowest BCUT2D eigenvalue weighted by molar-refractivity contribution is 0.229. The fraction of sp³-hybridized carbons (Fsp3) is 0.625. The van der Waals surface area contributed by atoms with E-state index in [2.05, 4.69) is 0 Å². The van der Waals surface area contributed by atoms with Crippen molar-refractivity contribution in [2.24, 2.45) is 5.92 Å². The summed E-state index contributed by atoms with van der Waals surface area (Å²) in [6.45, 7) is 4.70. The Bertz CT molecular complexity index is 586. The van der Waals surface area contributed by atoms with E-state index in [4.69, 9.17) is 4.74 Å². The minimum Gasteiger partial charge on any atom is -0.497 e. The molecule has 0 fully saturated rings. The van der Waals surface area contributed by atoms with Crippen LogP contribution in [0.2, 0.25) is 0 Å². The zero-order chi connectivity index (χ0) is 17.0. The van der Waals surface area contributed by atoms with Crippen molar-refractivity contribution in [3.63, 3.8) is 0 Å². The first-order valence-corrected chi connectivity index (χ1v) is 9.00. The minimum atomic E-state index is -4.10. The summed E-state index contributed by atoms with van der Waals surface area (Å²) in [6.07, 6.45) is 0.606. The third-order valence-electron chi connectivity index (χ3n) is 4.30. The summed E-state index contributed by atoms with van der Waals surface area (Å²) in [5.74, 6) is 0.433. The van der Waals surface area contributed by atoms with Gasteiger partial charge in [-0.05, 0) is 44.1 Å². The Labute approximate surface area is 134 Å². The van der Waals surface area contributed by atoms with Crippen molar-refractivity contribution >= 4 is 10.1 Å². The van der Waals surface area contributed by atoms with Crippen LogP contribution in [0.3, 0.4) is 0 Å². The number of benzene rings is 1. The van der Waals surface area contributed by atoms with E-state index < -0.39 is 15.5 Å². The molecule has 0 aliphatic carbocycles. The minimum absolute atomic E-state index is 0.0431. The lowest BCUT2D eigenvalue weighted by atomic mass is 9.70. The van der Waals surface area contributed by atoms with Gasteiger partial charge in [-0.1, -0.05) is 26.0 Å². The van der Waals surface area contributed by atoms with E-state index in [1.807, 2.05) is 57.1 Å². The second-order valence-electron chi connectivity index (χ2n) is 6.13. The van der Waals surface area contributed by atoms with Gasteiger partial charge in [0.25, 0.3) is 10.1 Å². The molecule has 0 bridgehead atoms. The zero-order valence-corrected chi connectivity index (χ0v) is 14.9. The van der Waals surface area contributed by atoms with E-state index in [9.17, 15) is 13.0 Å². The van der Waals surface area contributed by atoms with Crippen LogP contribution in [0.5, 0.6) is 5.75 Å². The van der Waals surface area contributed by atoms with Crippen molar-refractivity contribution < 1.29 is 17.7 Å². The van der Waals surface area contributed by atoms with Crippen molar-refractivity contribution in [2.45, 2.75) is 25.7 Å². The van der Waals surface area contributed by atoms with Crippen molar-refractivity contribution in [3.05, 3.63) is 29.8 Å². The molecule has 1 rings (SSSR count). The molecular formula is C16H27NO4S. The van der Waals surface area contributed by atoms with Crippen LogP contribution in [-0.4, -0.2) is 51.4 Å². The molecule has 0 heterocycles. The molecule has 6 heteroatoms. The second kappa shape index (κ2) is 7.44. The van der Waals surface area contributed by atoms with Crippen molar-refractivity contribution in [1.29, 1.82) is 0 Å². The Hall–Kier alpha value is -1.11. The van der Waals surface area contributed by atoms with Gasteiger partial charge in [0.1, 0.15) is 5.75 Å². The standard InChI is InChI=1S/C16H27NO4S/c1-6-16(12-22(18,19)20,13(2)11-17(3)4)14-8-7-9-15(10-14)21-5/h7-10,13H,6,11-12H2,1-5H3,(H,18,19,20)/t13-,16-/m1/s1. The van der Waals surface area contributed by atoms with Crippen molar-refractivity contribution in [2.75, 3.05) is 33.5 Å². The fourth-order valence-corrected chi connectivity index (χ4v) is 4.45. The Kier molecular flexibility index (Phi) is 6.40. The van der Waals surface area contributed by atoms with Gasteiger partial charge in [-0.15, -0.1) is 0 Å². The van der Waals surface area contributed by atoms with E-state index in [-0.39, 0.29) is 11.7 Å². The van der Waals surface area contributed by atoms with E-state index >= 15 is 0 Å². The highest BCUT2D eigenvalue weighted by molar-refractivity contribution is 7.85. The first-order chi connectivity index (χ1) is 10.1. The van der Waals surface area contributed by atoms with E-state index in [0.29, 0.717) is 12.2 Å². The number of nitrogens with zero attached hydrogens (tertiary/aromatic N) is 1. The zero-order valence-electron chi connectivity index (χ0n) is 14.0. The SMILES string of the molecule is CC[C@](CS(=O)(=O)O)(c1cccc(OC)c1)[C@H](C)CN(C)C. The van der Waals surface area contributed by atoms with Crippen LogP contribution < -0.4 is 4.74 Å². The molecule has 0 amide bonds. The molecule has 0 saturated heterocycles. The predicted octanol–water partition coefficient (Wildman–Crippen LogP) is 2.43. The highest BCUT2D eigenvalue weighted by Gasteiger charge is 2.40. The monoisotopic (exact) mass is 329 g/mol. The van der Waals surface area contributed by atoms with Crippen LogP contribution in [0.25, 0.3) is 0 Å². The summed E-state index contributed by atoms with van der Waals surface area (Å²) in [4.78, 5) is 2.03. The number of rotatable bonds is 8. The summed E-state index contributed by atoms with van der Waals surface area (Å²) in [6, 6.07) is 7.45. The summed E-state index contributed by atoms with van der Waals surface area (Å²) >= 11 is 0. The first-order valence-electron chi connectivity index (χ1n) is 7.39. The number of hydrogen-bond acceptors (Lipinski definition) is 4. The van der Waals surface area contributed by atoms with Crippen LogP contribution in [0.4, 0.5) is 0 Å². The molecule has 0 aromatic heterocycles. The molecule has 0 radical (unpaired) electrons. The van der Waals surface area contributed by atoms with Gasteiger partial charge in [0, 0.05) is 12.0 Å². The van der Waals surface area contributed by atoms with E-state index in [1.54, 1.807) is 7.11 Å². The topological polar surface area (TPSA) is 66.8 Å². The Morgan fingerprint density at radius 3 is 2.45 bits per heavy atom. The fourth-order valence-electron chi connectivity index (χ4n) is 3.15. The molecule has 0 spiro atoms. The molecule has 1 aromatic rings. The first kappa shape index (κ1) is 18.9. The maximum Gasteiger partial charge on any atom is 0.265 e. The Balaban J connectivity index is 3.41.